The van der Waals surface area contributed by atoms with E-state index in [9.17, 15) is 8.78 Å². The molecule has 0 radical (unpaired) electrons. The van der Waals surface area contributed by atoms with Crippen LogP contribution in [0.3, 0.4) is 0 Å². The maximum Gasteiger partial charge on any atom is 0.387 e. The summed E-state index contributed by atoms with van der Waals surface area (Å²) in [5.41, 5.74) is 1.06. The van der Waals surface area contributed by atoms with Crippen LogP contribution in [0.5, 0.6) is 11.5 Å². The highest BCUT2D eigenvalue weighted by atomic mass is 35.5. The van der Waals surface area contributed by atoms with Gasteiger partial charge in [0.05, 0.1) is 6.61 Å². The lowest BCUT2D eigenvalue weighted by atomic mass is 9.93. The third-order valence-electron chi connectivity index (χ3n) is 4.44. The van der Waals surface area contributed by atoms with Gasteiger partial charge in [0.15, 0.2) is 11.5 Å². The Balaban J connectivity index is 0.00000312. The van der Waals surface area contributed by atoms with Gasteiger partial charge in [-0.15, -0.1) is 12.4 Å². The standard InChI is InChI=1S/C18H28F2N2O2.ClH/c1-3-23-17-12-15(4-5-16(17)24-18(19)20)13-22-10-7-14(8-11-22)6-9-21-2;/h4-5,12,14,18,21H,3,6-11,13H2,1-2H3;1H. The van der Waals surface area contributed by atoms with Gasteiger partial charge in [0.25, 0.3) is 0 Å². The summed E-state index contributed by atoms with van der Waals surface area (Å²) >= 11 is 0. The molecule has 0 amide bonds. The predicted molar refractivity (Wildman–Crippen MR) is 98.0 cm³/mol. The lowest BCUT2D eigenvalue weighted by Gasteiger charge is -2.32. The molecule has 144 valence electrons. The van der Waals surface area contributed by atoms with Crippen LogP contribution in [-0.2, 0) is 6.54 Å². The summed E-state index contributed by atoms with van der Waals surface area (Å²) in [6.07, 6.45) is 3.66. The molecule has 0 aromatic heterocycles. The Morgan fingerprint density at radius 2 is 1.96 bits per heavy atom. The molecule has 0 saturated carbocycles. The molecule has 4 nitrogen and oxygen atoms in total. The Morgan fingerprint density at radius 1 is 1.24 bits per heavy atom. The van der Waals surface area contributed by atoms with Crippen molar-refractivity contribution in [3.8, 4) is 11.5 Å². The first kappa shape index (κ1) is 21.9. The van der Waals surface area contributed by atoms with E-state index in [4.69, 9.17) is 4.74 Å². The number of nitrogens with zero attached hydrogens (tertiary/aromatic N) is 1. The summed E-state index contributed by atoms with van der Waals surface area (Å²) in [7, 11) is 1.99. The number of alkyl halides is 2. The van der Waals surface area contributed by atoms with E-state index in [1.165, 1.54) is 19.3 Å². The largest absolute Gasteiger partial charge is 0.490 e. The molecule has 1 fully saturated rings. The number of hydrogen-bond acceptors (Lipinski definition) is 4. The molecular formula is C18H29ClF2N2O2. The second-order valence-electron chi connectivity index (χ2n) is 6.20. The van der Waals surface area contributed by atoms with Crippen LogP contribution in [0.1, 0.15) is 31.7 Å². The van der Waals surface area contributed by atoms with Gasteiger partial charge in [-0.2, -0.15) is 8.78 Å². The molecule has 1 aromatic carbocycles. The molecule has 7 heteroatoms. The van der Waals surface area contributed by atoms with Crippen molar-refractivity contribution in [2.24, 2.45) is 5.92 Å². The first-order valence-corrected chi connectivity index (χ1v) is 8.69. The average Bonchev–Trinajstić information content (AvgIpc) is 2.56. The predicted octanol–water partition coefficient (Wildman–Crippen LogP) is 3.93. The first-order chi connectivity index (χ1) is 11.6. The molecular weight excluding hydrogens is 350 g/mol. The van der Waals surface area contributed by atoms with Crippen LogP contribution in [0.4, 0.5) is 8.78 Å². The van der Waals surface area contributed by atoms with Crippen LogP contribution in [-0.4, -0.2) is 44.8 Å². The summed E-state index contributed by atoms with van der Waals surface area (Å²) in [6.45, 7) is 3.45. The maximum atomic E-state index is 12.4. The number of nitrogens with one attached hydrogen (secondary N) is 1. The highest BCUT2D eigenvalue weighted by Gasteiger charge is 2.19. The van der Waals surface area contributed by atoms with Crippen LogP contribution < -0.4 is 14.8 Å². The minimum absolute atomic E-state index is 0. The maximum absolute atomic E-state index is 12.4. The van der Waals surface area contributed by atoms with Gasteiger partial charge in [-0.1, -0.05) is 6.07 Å². The lowest BCUT2D eigenvalue weighted by Crippen LogP contribution is -2.34. The minimum Gasteiger partial charge on any atom is -0.490 e. The summed E-state index contributed by atoms with van der Waals surface area (Å²) in [5.74, 6) is 1.29. The SMILES string of the molecule is CCOc1cc(CN2CCC(CCNC)CC2)ccc1OC(F)F.Cl. The van der Waals surface area contributed by atoms with Crippen LogP contribution in [0.15, 0.2) is 18.2 Å². The fourth-order valence-corrected chi connectivity index (χ4v) is 3.15. The number of rotatable bonds is 9. The minimum atomic E-state index is -2.84. The molecule has 0 spiro atoms. The van der Waals surface area contributed by atoms with Crippen LogP contribution in [0, 0.1) is 5.92 Å². The Kier molecular flexibility index (Phi) is 10.1. The van der Waals surface area contributed by atoms with Crippen molar-refractivity contribution >= 4 is 12.4 Å². The molecule has 25 heavy (non-hydrogen) atoms. The van der Waals surface area contributed by atoms with E-state index in [1.54, 1.807) is 6.07 Å². The van der Waals surface area contributed by atoms with Crippen molar-refractivity contribution in [3.05, 3.63) is 23.8 Å². The van der Waals surface area contributed by atoms with E-state index in [0.717, 1.165) is 37.7 Å². The number of halogens is 3. The van der Waals surface area contributed by atoms with E-state index >= 15 is 0 Å². The molecule has 2 rings (SSSR count). The van der Waals surface area contributed by atoms with E-state index in [-0.39, 0.29) is 18.2 Å². The Labute approximate surface area is 155 Å². The second kappa shape index (κ2) is 11.5. The van der Waals surface area contributed by atoms with E-state index in [2.05, 4.69) is 15.0 Å². The van der Waals surface area contributed by atoms with Crippen molar-refractivity contribution in [2.45, 2.75) is 39.3 Å². The van der Waals surface area contributed by atoms with E-state index in [1.807, 2.05) is 26.1 Å². The molecule has 1 saturated heterocycles. The van der Waals surface area contributed by atoms with Crippen molar-refractivity contribution < 1.29 is 18.3 Å². The van der Waals surface area contributed by atoms with Crippen LogP contribution >= 0.6 is 12.4 Å². The third-order valence-corrected chi connectivity index (χ3v) is 4.44. The quantitative estimate of drug-likeness (QED) is 0.706. The van der Waals surface area contributed by atoms with Crippen LogP contribution in [0.2, 0.25) is 0 Å². The number of ether oxygens (including phenoxy) is 2. The molecule has 0 unspecified atom stereocenters. The van der Waals surface area contributed by atoms with Crippen molar-refractivity contribution in [3.63, 3.8) is 0 Å². The molecule has 0 bridgehead atoms. The van der Waals surface area contributed by atoms with Gasteiger partial charge in [-0.25, -0.2) is 0 Å². The third kappa shape index (κ3) is 7.34. The number of hydrogen-bond donors (Lipinski definition) is 1. The smallest absolute Gasteiger partial charge is 0.387 e. The van der Waals surface area contributed by atoms with Gasteiger partial charge in [-0.3, -0.25) is 4.90 Å². The summed E-state index contributed by atoms with van der Waals surface area (Å²) < 4.78 is 34.9. The zero-order chi connectivity index (χ0) is 17.4. The van der Waals surface area contributed by atoms with Gasteiger partial charge < -0.3 is 14.8 Å². The van der Waals surface area contributed by atoms with Gasteiger partial charge in [0, 0.05) is 6.54 Å². The highest BCUT2D eigenvalue weighted by molar-refractivity contribution is 5.85. The Hall–Kier alpha value is -1.11. The van der Waals surface area contributed by atoms with E-state index in [0.29, 0.717) is 12.4 Å². The summed E-state index contributed by atoms with van der Waals surface area (Å²) in [4.78, 5) is 2.41. The number of likely N-dealkylation sites (tertiary alicyclic amines) is 1. The number of piperidine rings is 1. The molecule has 0 aliphatic carbocycles. The molecule has 1 aliphatic rings. The normalized spacial score (nSPS) is 15.9. The van der Waals surface area contributed by atoms with Crippen molar-refractivity contribution in [2.75, 3.05) is 33.3 Å². The second-order valence-corrected chi connectivity index (χ2v) is 6.20. The molecule has 1 aromatic rings. The molecule has 0 atom stereocenters. The zero-order valence-electron chi connectivity index (χ0n) is 15.0. The van der Waals surface area contributed by atoms with Gasteiger partial charge >= 0.3 is 6.61 Å². The van der Waals surface area contributed by atoms with Crippen molar-refractivity contribution in [1.29, 1.82) is 0 Å². The fraction of sp³-hybridized carbons (Fsp3) is 0.667. The van der Waals surface area contributed by atoms with Crippen molar-refractivity contribution in [1.82, 2.24) is 10.2 Å². The average molecular weight is 379 g/mol. The molecule has 1 N–H and O–H groups in total. The summed E-state index contributed by atoms with van der Waals surface area (Å²) in [6, 6.07) is 5.23. The van der Waals surface area contributed by atoms with E-state index < -0.39 is 6.61 Å². The summed E-state index contributed by atoms with van der Waals surface area (Å²) in [5, 5.41) is 3.21. The monoisotopic (exact) mass is 378 g/mol. The Morgan fingerprint density at radius 3 is 2.56 bits per heavy atom. The van der Waals surface area contributed by atoms with Crippen LogP contribution in [0.25, 0.3) is 0 Å². The number of benzene rings is 1. The van der Waals surface area contributed by atoms with Gasteiger partial charge in [0.1, 0.15) is 0 Å². The van der Waals surface area contributed by atoms with Gasteiger partial charge in [0.2, 0.25) is 0 Å². The van der Waals surface area contributed by atoms with Gasteiger partial charge in [-0.05, 0) is 76.5 Å². The topological polar surface area (TPSA) is 33.7 Å². The molecule has 1 heterocycles. The highest BCUT2D eigenvalue weighted by Crippen LogP contribution is 2.31. The molecule has 1 aliphatic heterocycles. The fourth-order valence-electron chi connectivity index (χ4n) is 3.15. The Bertz CT molecular complexity index is 498. The first-order valence-electron chi connectivity index (χ1n) is 8.69. The lowest BCUT2D eigenvalue weighted by molar-refractivity contribution is -0.0514. The zero-order valence-corrected chi connectivity index (χ0v) is 15.8.